The van der Waals surface area contributed by atoms with Crippen molar-refractivity contribution in [1.29, 1.82) is 0 Å². The molecule has 242 valence electrons. The number of aliphatic imine (C=N–C) groups is 1. The van der Waals surface area contributed by atoms with Crippen LogP contribution in [0.25, 0.3) is 16.9 Å². The van der Waals surface area contributed by atoms with Crippen LogP contribution in [0.3, 0.4) is 0 Å². The molecule has 2 aromatic heterocycles. The molecule has 0 radical (unpaired) electrons. The maximum absolute atomic E-state index is 14.4. The van der Waals surface area contributed by atoms with E-state index in [1.807, 2.05) is 27.3 Å². The van der Waals surface area contributed by atoms with Crippen LogP contribution in [0.1, 0.15) is 80.3 Å². The monoisotopic (exact) mass is 626 g/mol. The van der Waals surface area contributed by atoms with Crippen molar-refractivity contribution in [2.45, 2.75) is 89.4 Å². The Balaban J connectivity index is 1.14. The van der Waals surface area contributed by atoms with E-state index in [1.54, 1.807) is 13.4 Å². The van der Waals surface area contributed by atoms with E-state index in [2.05, 4.69) is 57.8 Å². The predicted molar refractivity (Wildman–Crippen MR) is 173 cm³/mol. The van der Waals surface area contributed by atoms with Crippen LogP contribution in [0.4, 0.5) is 0 Å². The summed E-state index contributed by atoms with van der Waals surface area (Å²) in [7, 11) is 1.55. The summed E-state index contributed by atoms with van der Waals surface area (Å²) in [5.74, 6) is 1.64. The van der Waals surface area contributed by atoms with Gasteiger partial charge in [-0.3, -0.25) is 9.36 Å². The van der Waals surface area contributed by atoms with Gasteiger partial charge in [0, 0.05) is 30.7 Å². The smallest absolute Gasteiger partial charge is 0.282 e. The fourth-order valence-electron chi connectivity index (χ4n) is 6.84. The zero-order valence-electron chi connectivity index (χ0n) is 26.5. The summed E-state index contributed by atoms with van der Waals surface area (Å²) in [5, 5.41) is 14.8. The minimum absolute atomic E-state index is 0.0184. The Kier molecular flexibility index (Phi) is 8.99. The summed E-state index contributed by atoms with van der Waals surface area (Å²) in [5.41, 5.74) is 8.60. The highest BCUT2D eigenvalue weighted by Gasteiger charge is 2.32. The van der Waals surface area contributed by atoms with E-state index in [0.717, 1.165) is 84.9 Å². The van der Waals surface area contributed by atoms with Crippen molar-refractivity contribution < 1.29 is 19.4 Å². The summed E-state index contributed by atoms with van der Waals surface area (Å²) in [6.45, 7) is 2.53. The molecule has 2 aromatic carbocycles. The first kappa shape index (κ1) is 30.7. The summed E-state index contributed by atoms with van der Waals surface area (Å²) in [6, 6.07) is 16.4. The number of aliphatic hydroxyl groups is 1. The van der Waals surface area contributed by atoms with E-state index < -0.39 is 6.41 Å². The molecule has 2 unspecified atom stereocenters. The lowest BCUT2D eigenvalue weighted by molar-refractivity contribution is -0.125. The van der Waals surface area contributed by atoms with E-state index in [1.165, 1.54) is 0 Å². The molecule has 0 bridgehead atoms. The van der Waals surface area contributed by atoms with E-state index in [0.29, 0.717) is 30.6 Å². The molecule has 2 aliphatic carbocycles. The molecular formula is C35H42N6O5. The summed E-state index contributed by atoms with van der Waals surface area (Å²) >= 11 is 0. The molecule has 0 spiro atoms. The maximum Gasteiger partial charge on any atom is 0.282 e. The van der Waals surface area contributed by atoms with Gasteiger partial charge in [0.15, 0.2) is 5.84 Å². The van der Waals surface area contributed by atoms with Crippen molar-refractivity contribution in [3.8, 4) is 11.1 Å². The number of methoxy groups -OCH3 is 1. The number of amidine groups is 1. The number of hydroxylamine groups is 1. The van der Waals surface area contributed by atoms with Gasteiger partial charge in [0.05, 0.1) is 24.5 Å². The largest absolute Gasteiger partial charge is 0.390 e. The molecule has 7 rings (SSSR count). The quantitative estimate of drug-likeness (QED) is 0.234. The van der Waals surface area contributed by atoms with E-state index in [9.17, 15) is 9.90 Å². The van der Waals surface area contributed by atoms with Gasteiger partial charge in [-0.25, -0.2) is 19.8 Å². The maximum atomic E-state index is 14.4. The first-order valence-corrected chi connectivity index (χ1v) is 16.5. The summed E-state index contributed by atoms with van der Waals surface area (Å²) in [6.07, 6.45) is 8.31. The Morgan fingerprint density at radius 2 is 1.80 bits per heavy atom. The first-order valence-electron chi connectivity index (χ1n) is 16.5. The third-order valence-electron chi connectivity index (χ3n) is 9.51. The topological polar surface area (TPSA) is 124 Å². The van der Waals surface area contributed by atoms with Crippen molar-refractivity contribution >= 4 is 11.6 Å². The van der Waals surface area contributed by atoms with Gasteiger partial charge in [-0.15, -0.1) is 0 Å². The fraction of sp³-hybridized carbons (Fsp3) is 0.486. The van der Waals surface area contributed by atoms with Gasteiger partial charge < -0.3 is 14.6 Å². The number of benzene rings is 2. The number of nitrogens with one attached hydrogen (secondary N) is 1. The number of aliphatic hydroxyl groups excluding tert-OH is 1. The predicted octanol–water partition coefficient (Wildman–Crippen LogP) is 4.58. The van der Waals surface area contributed by atoms with Gasteiger partial charge in [0.25, 0.3) is 12.0 Å². The molecule has 4 aromatic rings. The third kappa shape index (κ3) is 6.24. The molecule has 2 fully saturated rings. The number of hydrogen-bond donors (Lipinski definition) is 2. The highest BCUT2D eigenvalue weighted by Crippen LogP contribution is 2.35. The summed E-state index contributed by atoms with van der Waals surface area (Å²) in [4.78, 5) is 28.8. The summed E-state index contributed by atoms with van der Waals surface area (Å²) < 4.78 is 15.0. The highest BCUT2D eigenvalue weighted by molar-refractivity contribution is 6.04. The number of hydrogen-bond acceptors (Lipinski definition) is 9. The van der Waals surface area contributed by atoms with Crippen LogP contribution in [0, 0.1) is 5.92 Å². The number of fused-ring (bicyclic) bond motifs is 1. The van der Waals surface area contributed by atoms with Crippen molar-refractivity contribution in [2.75, 3.05) is 13.7 Å². The molecular weight excluding hydrogens is 584 g/mol. The molecule has 3 aliphatic rings. The molecule has 2 saturated carbocycles. The minimum Gasteiger partial charge on any atom is -0.390 e. The minimum atomic E-state index is -0.677. The second-order valence-electron chi connectivity index (χ2n) is 12.7. The van der Waals surface area contributed by atoms with Crippen LogP contribution in [0.5, 0.6) is 0 Å². The van der Waals surface area contributed by atoms with Crippen LogP contribution in [-0.4, -0.2) is 62.4 Å². The standard InChI is InChI=1S/C35H42N6O5/c1-3-6-30-29(19-22-9-11-23(12-10-22)27-7-4-5-8-28(27)32-38-35(44-2)46-39-32)33(43)40(34-36-21-37-41(30)34)25-15-17-26(18-16-25)45-20-31(42)24-13-14-24/h4-5,7-12,21,24-26,31,35,42H,3,6,13-20H2,1-2H3,(H,38,39). The fourth-order valence-corrected chi connectivity index (χ4v) is 6.84. The van der Waals surface area contributed by atoms with Gasteiger partial charge in [0.1, 0.15) is 6.33 Å². The lowest BCUT2D eigenvalue weighted by atomic mass is 9.92. The normalized spacial score (nSPS) is 22.2. The lowest BCUT2D eigenvalue weighted by Gasteiger charge is -2.31. The first-order chi connectivity index (χ1) is 22.5. The number of aryl methyl sites for hydroxylation is 1. The lowest BCUT2D eigenvalue weighted by Crippen LogP contribution is -2.35. The Bertz CT molecular complexity index is 1750. The Morgan fingerprint density at radius 3 is 2.50 bits per heavy atom. The Morgan fingerprint density at radius 1 is 1.04 bits per heavy atom. The number of ether oxygens (including phenoxy) is 2. The van der Waals surface area contributed by atoms with Crippen LogP contribution in [0.15, 0.2) is 64.6 Å². The second kappa shape index (κ2) is 13.4. The third-order valence-corrected chi connectivity index (χ3v) is 9.51. The van der Waals surface area contributed by atoms with Crippen LogP contribution in [0.2, 0.25) is 0 Å². The van der Waals surface area contributed by atoms with Crippen molar-refractivity contribution in [1.82, 2.24) is 24.6 Å². The zero-order chi connectivity index (χ0) is 31.6. The van der Waals surface area contributed by atoms with E-state index in [-0.39, 0.29) is 23.8 Å². The van der Waals surface area contributed by atoms with Crippen LogP contribution in [-0.2, 0) is 27.2 Å². The van der Waals surface area contributed by atoms with Crippen LogP contribution < -0.4 is 11.0 Å². The molecule has 0 amide bonds. The molecule has 11 nitrogen and oxygen atoms in total. The van der Waals surface area contributed by atoms with Gasteiger partial charge >= 0.3 is 0 Å². The average molecular weight is 627 g/mol. The van der Waals surface area contributed by atoms with Crippen molar-refractivity contribution in [3.05, 3.63) is 87.6 Å². The van der Waals surface area contributed by atoms with Crippen molar-refractivity contribution in [2.24, 2.45) is 10.9 Å². The van der Waals surface area contributed by atoms with E-state index in [4.69, 9.17) is 14.3 Å². The molecule has 2 atom stereocenters. The van der Waals surface area contributed by atoms with Gasteiger partial charge in [0.2, 0.25) is 5.78 Å². The van der Waals surface area contributed by atoms with Crippen LogP contribution >= 0.6 is 0 Å². The highest BCUT2D eigenvalue weighted by atomic mass is 16.8. The van der Waals surface area contributed by atoms with E-state index >= 15 is 0 Å². The Labute approximate surface area is 268 Å². The Hall–Kier alpha value is -3.90. The number of nitrogens with zero attached hydrogens (tertiary/aromatic N) is 5. The molecule has 1 aliphatic heterocycles. The van der Waals surface area contributed by atoms with Gasteiger partial charge in [-0.05, 0) is 67.6 Å². The molecule has 3 heterocycles. The number of aromatic nitrogens is 4. The van der Waals surface area contributed by atoms with Gasteiger partial charge in [-0.2, -0.15) is 10.1 Å². The zero-order valence-corrected chi connectivity index (χ0v) is 26.5. The molecule has 0 saturated heterocycles. The molecule has 46 heavy (non-hydrogen) atoms. The second-order valence-corrected chi connectivity index (χ2v) is 12.7. The molecule has 2 N–H and O–H groups in total. The van der Waals surface area contributed by atoms with Crippen molar-refractivity contribution in [3.63, 3.8) is 0 Å². The van der Waals surface area contributed by atoms with Gasteiger partial charge in [-0.1, -0.05) is 61.9 Å². The number of rotatable bonds is 12. The average Bonchev–Trinajstić information content (AvgIpc) is 3.64. The molecule has 11 heteroatoms. The SMILES string of the molecule is CCCc1c(Cc2ccc(-c3ccccc3C3=NC(OC)ON3)cc2)c(=O)n(C2CCC(OCC(O)C3CC3)CC2)c2ncnn12.